The van der Waals surface area contributed by atoms with Crippen LogP contribution in [0.2, 0.25) is 0 Å². The van der Waals surface area contributed by atoms with Crippen LogP contribution in [-0.2, 0) is 7.05 Å². The van der Waals surface area contributed by atoms with E-state index < -0.39 is 0 Å². The number of hydrogen-bond donors (Lipinski definition) is 1. The standard InChI is InChI=1S/C13H19N3O/c1-4-6-14-11(12-10(2)5-9-17-12)13-15-7-8-16(13)3/h5,7-9,11,14H,4,6H2,1-3H3. The predicted molar refractivity (Wildman–Crippen MR) is 66.8 cm³/mol. The van der Waals surface area contributed by atoms with Gasteiger partial charge in [0.15, 0.2) is 0 Å². The summed E-state index contributed by atoms with van der Waals surface area (Å²) in [5, 5.41) is 3.48. The second-order valence-electron chi connectivity index (χ2n) is 4.25. The first-order valence-corrected chi connectivity index (χ1v) is 5.98. The van der Waals surface area contributed by atoms with Crippen LogP contribution in [0.1, 0.15) is 36.5 Å². The third-order valence-corrected chi connectivity index (χ3v) is 2.88. The van der Waals surface area contributed by atoms with Gasteiger partial charge in [-0.2, -0.15) is 0 Å². The van der Waals surface area contributed by atoms with Crippen LogP contribution in [0.4, 0.5) is 0 Å². The van der Waals surface area contributed by atoms with Gasteiger partial charge < -0.3 is 14.3 Å². The molecule has 0 aliphatic rings. The molecule has 1 N–H and O–H groups in total. The molecule has 1 unspecified atom stereocenters. The predicted octanol–water partition coefficient (Wildman–Crippen LogP) is 2.41. The van der Waals surface area contributed by atoms with Crippen molar-refractivity contribution in [3.8, 4) is 0 Å². The summed E-state index contributed by atoms with van der Waals surface area (Å²) in [6, 6.07) is 2.02. The molecule has 0 aromatic carbocycles. The number of nitrogens with zero attached hydrogens (tertiary/aromatic N) is 2. The fraction of sp³-hybridized carbons (Fsp3) is 0.462. The van der Waals surface area contributed by atoms with Gasteiger partial charge in [-0.25, -0.2) is 4.98 Å². The Hall–Kier alpha value is -1.55. The van der Waals surface area contributed by atoms with E-state index >= 15 is 0 Å². The highest BCUT2D eigenvalue weighted by atomic mass is 16.3. The number of furan rings is 1. The van der Waals surface area contributed by atoms with Gasteiger partial charge in [-0.15, -0.1) is 0 Å². The van der Waals surface area contributed by atoms with Gasteiger partial charge in [0.1, 0.15) is 17.6 Å². The van der Waals surface area contributed by atoms with Crippen LogP contribution in [0.3, 0.4) is 0 Å². The van der Waals surface area contributed by atoms with Gasteiger partial charge in [0.2, 0.25) is 0 Å². The molecule has 0 amide bonds. The van der Waals surface area contributed by atoms with Gasteiger partial charge in [0.05, 0.1) is 6.26 Å². The Morgan fingerprint density at radius 3 is 2.88 bits per heavy atom. The molecule has 4 heteroatoms. The van der Waals surface area contributed by atoms with Gasteiger partial charge in [-0.1, -0.05) is 6.92 Å². The fourth-order valence-electron chi connectivity index (χ4n) is 1.93. The number of nitrogens with one attached hydrogen (secondary N) is 1. The van der Waals surface area contributed by atoms with Crippen molar-refractivity contribution in [3.05, 3.63) is 41.9 Å². The van der Waals surface area contributed by atoms with Gasteiger partial charge in [-0.05, 0) is 31.5 Å². The maximum Gasteiger partial charge on any atom is 0.133 e. The minimum absolute atomic E-state index is 0.0324. The van der Waals surface area contributed by atoms with Gasteiger partial charge in [0, 0.05) is 19.4 Å². The molecule has 2 aromatic heterocycles. The highest BCUT2D eigenvalue weighted by Gasteiger charge is 2.21. The van der Waals surface area contributed by atoms with Crippen LogP contribution in [0, 0.1) is 6.92 Å². The molecule has 92 valence electrons. The minimum Gasteiger partial charge on any atom is -0.467 e. The lowest BCUT2D eigenvalue weighted by molar-refractivity contribution is 0.428. The number of aromatic nitrogens is 2. The van der Waals surface area contributed by atoms with E-state index in [9.17, 15) is 0 Å². The highest BCUT2D eigenvalue weighted by molar-refractivity contribution is 5.24. The summed E-state index contributed by atoms with van der Waals surface area (Å²) >= 11 is 0. The highest BCUT2D eigenvalue weighted by Crippen LogP contribution is 2.24. The molecule has 2 heterocycles. The summed E-state index contributed by atoms with van der Waals surface area (Å²) in [6.07, 6.45) is 6.58. The first-order valence-electron chi connectivity index (χ1n) is 5.98. The van der Waals surface area contributed by atoms with Crippen molar-refractivity contribution < 1.29 is 4.42 Å². The second-order valence-corrected chi connectivity index (χ2v) is 4.25. The molecule has 0 radical (unpaired) electrons. The summed E-state index contributed by atoms with van der Waals surface area (Å²) in [5.74, 6) is 1.93. The lowest BCUT2D eigenvalue weighted by atomic mass is 10.1. The third-order valence-electron chi connectivity index (χ3n) is 2.88. The van der Waals surface area contributed by atoms with E-state index in [1.54, 1.807) is 6.26 Å². The van der Waals surface area contributed by atoms with Crippen LogP contribution in [0.5, 0.6) is 0 Å². The molecule has 2 aromatic rings. The van der Waals surface area contributed by atoms with Crippen molar-refractivity contribution in [2.75, 3.05) is 6.54 Å². The Morgan fingerprint density at radius 2 is 2.35 bits per heavy atom. The summed E-state index contributed by atoms with van der Waals surface area (Å²) in [7, 11) is 2.00. The van der Waals surface area contributed by atoms with Gasteiger partial charge in [0.25, 0.3) is 0 Å². The zero-order valence-electron chi connectivity index (χ0n) is 10.6. The molecule has 0 saturated carbocycles. The molecular formula is C13H19N3O. The van der Waals surface area contributed by atoms with E-state index in [4.69, 9.17) is 4.42 Å². The Kier molecular flexibility index (Phi) is 3.64. The lowest BCUT2D eigenvalue weighted by Gasteiger charge is -2.17. The maximum absolute atomic E-state index is 5.59. The molecule has 2 rings (SSSR count). The van der Waals surface area contributed by atoms with Crippen molar-refractivity contribution in [2.45, 2.75) is 26.3 Å². The van der Waals surface area contributed by atoms with E-state index in [1.807, 2.05) is 30.1 Å². The smallest absolute Gasteiger partial charge is 0.133 e. The second kappa shape index (κ2) is 5.19. The Morgan fingerprint density at radius 1 is 1.53 bits per heavy atom. The number of aryl methyl sites for hydroxylation is 2. The summed E-state index contributed by atoms with van der Waals surface area (Å²) in [4.78, 5) is 4.41. The summed E-state index contributed by atoms with van der Waals surface area (Å²) in [5.41, 5.74) is 1.15. The SMILES string of the molecule is CCCNC(c1occc1C)c1nccn1C. The molecule has 0 spiro atoms. The first kappa shape index (κ1) is 11.9. The van der Waals surface area contributed by atoms with E-state index in [1.165, 1.54) is 0 Å². The maximum atomic E-state index is 5.59. The number of rotatable bonds is 5. The molecule has 0 fully saturated rings. The number of hydrogen-bond acceptors (Lipinski definition) is 3. The third kappa shape index (κ3) is 2.42. The Bertz CT molecular complexity index is 432. The monoisotopic (exact) mass is 233 g/mol. The van der Waals surface area contributed by atoms with Crippen LogP contribution in [0.25, 0.3) is 0 Å². The molecular weight excluding hydrogens is 214 g/mol. The zero-order chi connectivity index (χ0) is 12.3. The molecule has 0 aliphatic carbocycles. The summed E-state index contributed by atoms with van der Waals surface area (Å²) < 4.78 is 7.61. The van der Waals surface area contributed by atoms with Crippen molar-refractivity contribution in [3.63, 3.8) is 0 Å². The Labute approximate surface area is 102 Å². The van der Waals surface area contributed by atoms with Gasteiger partial charge in [-0.3, -0.25) is 0 Å². The molecule has 17 heavy (non-hydrogen) atoms. The van der Waals surface area contributed by atoms with Gasteiger partial charge >= 0.3 is 0 Å². The first-order chi connectivity index (χ1) is 8.24. The van der Waals surface area contributed by atoms with Crippen LogP contribution in [0.15, 0.2) is 29.1 Å². The fourth-order valence-corrected chi connectivity index (χ4v) is 1.93. The molecule has 1 atom stereocenters. The topological polar surface area (TPSA) is 43.0 Å². The van der Waals surface area contributed by atoms with E-state index in [2.05, 4.69) is 24.1 Å². The molecule has 0 bridgehead atoms. The van der Waals surface area contributed by atoms with Crippen LogP contribution in [-0.4, -0.2) is 16.1 Å². The quantitative estimate of drug-likeness (QED) is 0.862. The van der Waals surface area contributed by atoms with Crippen LogP contribution < -0.4 is 5.32 Å². The summed E-state index contributed by atoms with van der Waals surface area (Å²) in [6.45, 7) is 5.15. The normalized spacial score (nSPS) is 12.9. The molecule has 0 saturated heterocycles. The largest absolute Gasteiger partial charge is 0.467 e. The van der Waals surface area contributed by atoms with Crippen LogP contribution >= 0.6 is 0 Å². The van der Waals surface area contributed by atoms with Crippen molar-refractivity contribution in [1.29, 1.82) is 0 Å². The van der Waals surface area contributed by atoms with Crippen molar-refractivity contribution in [2.24, 2.45) is 7.05 Å². The lowest BCUT2D eigenvalue weighted by Crippen LogP contribution is -2.26. The molecule has 0 aliphatic heterocycles. The van der Waals surface area contributed by atoms with Crippen molar-refractivity contribution >= 4 is 0 Å². The number of imidazole rings is 1. The van der Waals surface area contributed by atoms with E-state index in [0.717, 1.165) is 30.1 Å². The average Bonchev–Trinajstić information content (AvgIpc) is 2.90. The Balaban J connectivity index is 2.32. The minimum atomic E-state index is 0.0324. The van der Waals surface area contributed by atoms with Crippen molar-refractivity contribution in [1.82, 2.24) is 14.9 Å². The zero-order valence-corrected chi connectivity index (χ0v) is 10.6. The van der Waals surface area contributed by atoms with E-state index in [0.29, 0.717) is 0 Å². The van der Waals surface area contributed by atoms with E-state index in [-0.39, 0.29) is 6.04 Å². The molecule has 4 nitrogen and oxygen atoms in total. The average molecular weight is 233 g/mol.